The lowest BCUT2D eigenvalue weighted by Gasteiger charge is -2.00. The third-order valence-electron chi connectivity index (χ3n) is 2.67. The van der Waals surface area contributed by atoms with E-state index in [9.17, 15) is 9.59 Å². The maximum Gasteiger partial charge on any atom is 0.303 e. The summed E-state index contributed by atoms with van der Waals surface area (Å²) in [5, 5.41) is 18.7. The van der Waals surface area contributed by atoms with E-state index in [1.807, 2.05) is 18.2 Å². The van der Waals surface area contributed by atoms with E-state index in [0.29, 0.717) is 13.0 Å². The number of carbonyl (C=O) groups excluding carboxylic acids is 1. The van der Waals surface area contributed by atoms with Crippen molar-refractivity contribution in [3.8, 4) is 0 Å². The molecule has 0 aliphatic heterocycles. The Balaban J connectivity index is 1.84. The average molecular weight is 289 g/mol. The SMILES string of the molecule is O=C(O)CCCNC(=O)c1cn(Cc2ccccn2)nn1. The van der Waals surface area contributed by atoms with Gasteiger partial charge in [-0.15, -0.1) is 5.10 Å². The first kappa shape index (κ1) is 14.6. The smallest absolute Gasteiger partial charge is 0.303 e. The lowest BCUT2D eigenvalue weighted by Crippen LogP contribution is -2.25. The van der Waals surface area contributed by atoms with Crippen LogP contribution in [-0.2, 0) is 11.3 Å². The van der Waals surface area contributed by atoms with Gasteiger partial charge < -0.3 is 10.4 Å². The largest absolute Gasteiger partial charge is 0.481 e. The van der Waals surface area contributed by atoms with Gasteiger partial charge in [-0.3, -0.25) is 14.6 Å². The maximum absolute atomic E-state index is 11.8. The van der Waals surface area contributed by atoms with Gasteiger partial charge in [0.2, 0.25) is 0 Å². The summed E-state index contributed by atoms with van der Waals surface area (Å²) in [6, 6.07) is 5.55. The molecule has 2 aromatic rings. The molecule has 0 aliphatic carbocycles. The Labute approximate surface area is 120 Å². The van der Waals surface area contributed by atoms with Crippen LogP contribution in [0.25, 0.3) is 0 Å². The number of nitrogens with zero attached hydrogens (tertiary/aromatic N) is 4. The number of carboxylic acids is 1. The number of aliphatic carboxylic acids is 1. The van der Waals surface area contributed by atoms with Gasteiger partial charge in [0.15, 0.2) is 5.69 Å². The fourth-order valence-electron chi connectivity index (χ4n) is 1.67. The minimum atomic E-state index is -0.884. The maximum atomic E-state index is 11.8. The van der Waals surface area contributed by atoms with E-state index in [1.54, 1.807) is 6.20 Å². The minimum absolute atomic E-state index is 0.0205. The second-order valence-corrected chi connectivity index (χ2v) is 4.38. The Morgan fingerprint density at radius 3 is 2.90 bits per heavy atom. The quantitative estimate of drug-likeness (QED) is 0.710. The van der Waals surface area contributed by atoms with Gasteiger partial charge in [0, 0.05) is 19.2 Å². The molecule has 0 radical (unpaired) electrons. The van der Waals surface area contributed by atoms with Gasteiger partial charge in [-0.25, -0.2) is 4.68 Å². The van der Waals surface area contributed by atoms with Gasteiger partial charge in [0.05, 0.1) is 18.4 Å². The molecule has 0 saturated carbocycles. The average Bonchev–Trinajstić information content (AvgIpc) is 2.93. The van der Waals surface area contributed by atoms with E-state index in [2.05, 4.69) is 20.6 Å². The van der Waals surface area contributed by atoms with Crippen molar-refractivity contribution in [3.63, 3.8) is 0 Å². The highest BCUT2D eigenvalue weighted by Crippen LogP contribution is 1.99. The third-order valence-corrected chi connectivity index (χ3v) is 2.67. The van der Waals surface area contributed by atoms with E-state index in [-0.39, 0.29) is 24.6 Å². The molecule has 0 fully saturated rings. The molecule has 0 atom stereocenters. The van der Waals surface area contributed by atoms with Gasteiger partial charge in [-0.1, -0.05) is 11.3 Å². The lowest BCUT2D eigenvalue weighted by molar-refractivity contribution is -0.137. The van der Waals surface area contributed by atoms with Crippen LogP contribution in [0.5, 0.6) is 0 Å². The number of pyridine rings is 1. The summed E-state index contributed by atoms with van der Waals surface area (Å²) < 4.78 is 1.52. The van der Waals surface area contributed by atoms with Gasteiger partial charge >= 0.3 is 5.97 Å². The summed E-state index contributed by atoms with van der Waals surface area (Å²) >= 11 is 0. The first-order valence-corrected chi connectivity index (χ1v) is 6.45. The topological polar surface area (TPSA) is 110 Å². The second kappa shape index (κ2) is 7.13. The Hall–Kier alpha value is -2.77. The van der Waals surface area contributed by atoms with Crippen LogP contribution in [0.3, 0.4) is 0 Å². The van der Waals surface area contributed by atoms with E-state index in [0.717, 1.165) is 5.69 Å². The highest BCUT2D eigenvalue weighted by molar-refractivity contribution is 5.91. The fourth-order valence-corrected chi connectivity index (χ4v) is 1.67. The summed E-state index contributed by atoms with van der Waals surface area (Å²) in [7, 11) is 0. The van der Waals surface area contributed by atoms with Crippen LogP contribution in [0.1, 0.15) is 29.0 Å². The Morgan fingerprint density at radius 1 is 1.33 bits per heavy atom. The predicted molar refractivity (Wildman–Crippen MR) is 72.6 cm³/mol. The number of aromatic nitrogens is 4. The second-order valence-electron chi connectivity index (χ2n) is 4.38. The zero-order valence-electron chi connectivity index (χ0n) is 11.3. The number of carboxylic acid groups (broad SMARTS) is 1. The summed E-state index contributed by atoms with van der Waals surface area (Å²) in [6.07, 6.45) is 3.61. The molecule has 2 aromatic heterocycles. The van der Waals surface area contributed by atoms with Gasteiger partial charge in [0.1, 0.15) is 0 Å². The van der Waals surface area contributed by atoms with Crippen molar-refractivity contribution in [1.82, 2.24) is 25.3 Å². The van der Waals surface area contributed by atoms with Gasteiger partial charge in [0.25, 0.3) is 5.91 Å². The molecule has 0 spiro atoms. The van der Waals surface area contributed by atoms with E-state index in [1.165, 1.54) is 10.9 Å². The van der Waals surface area contributed by atoms with E-state index in [4.69, 9.17) is 5.11 Å². The number of rotatable bonds is 7. The number of amides is 1. The van der Waals surface area contributed by atoms with Crippen LogP contribution in [0.15, 0.2) is 30.6 Å². The highest BCUT2D eigenvalue weighted by Gasteiger charge is 2.10. The van der Waals surface area contributed by atoms with Crippen LogP contribution in [0.2, 0.25) is 0 Å². The zero-order valence-corrected chi connectivity index (χ0v) is 11.3. The highest BCUT2D eigenvalue weighted by atomic mass is 16.4. The Kier molecular flexibility index (Phi) is 4.97. The van der Waals surface area contributed by atoms with Crippen molar-refractivity contribution < 1.29 is 14.7 Å². The summed E-state index contributed by atoms with van der Waals surface area (Å²) in [5.41, 5.74) is 1.01. The van der Waals surface area contributed by atoms with Crippen molar-refractivity contribution in [2.24, 2.45) is 0 Å². The molecule has 8 heteroatoms. The van der Waals surface area contributed by atoms with Gasteiger partial charge in [-0.2, -0.15) is 0 Å². The molecule has 0 aromatic carbocycles. The summed E-state index contributed by atoms with van der Waals surface area (Å²) in [4.78, 5) is 26.3. The van der Waals surface area contributed by atoms with Crippen LogP contribution in [-0.4, -0.2) is 43.5 Å². The molecule has 21 heavy (non-hydrogen) atoms. The van der Waals surface area contributed by atoms with Crippen molar-refractivity contribution in [1.29, 1.82) is 0 Å². The van der Waals surface area contributed by atoms with E-state index >= 15 is 0 Å². The molecule has 1 amide bonds. The molecule has 8 nitrogen and oxygen atoms in total. The number of hydrogen-bond acceptors (Lipinski definition) is 5. The number of carbonyl (C=O) groups is 2. The van der Waals surface area contributed by atoms with Crippen molar-refractivity contribution in [2.75, 3.05) is 6.54 Å². The molecule has 0 unspecified atom stereocenters. The first-order chi connectivity index (χ1) is 10.1. The van der Waals surface area contributed by atoms with Gasteiger partial charge in [-0.05, 0) is 18.6 Å². The van der Waals surface area contributed by atoms with Crippen molar-refractivity contribution in [2.45, 2.75) is 19.4 Å². The molecule has 0 bridgehead atoms. The molecule has 0 aliphatic rings. The molecular formula is C13H15N5O3. The van der Waals surface area contributed by atoms with E-state index < -0.39 is 5.97 Å². The fraction of sp³-hybridized carbons (Fsp3) is 0.308. The van der Waals surface area contributed by atoms with Crippen molar-refractivity contribution >= 4 is 11.9 Å². The number of nitrogens with one attached hydrogen (secondary N) is 1. The minimum Gasteiger partial charge on any atom is -0.481 e. The molecule has 2 rings (SSSR count). The van der Waals surface area contributed by atoms with Crippen LogP contribution in [0, 0.1) is 0 Å². The first-order valence-electron chi connectivity index (χ1n) is 6.45. The van der Waals surface area contributed by atoms with Crippen LogP contribution >= 0.6 is 0 Å². The normalized spacial score (nSPS) is 10.3. The van der Waals surface area contributed by atoms with Crippen LogP contribution in [0.4, 0.5) is 0 Å². The third kappa shape index (κ3) is 4.68. The molecule has 0 saturated heterocycles. The molecular weight excluding hydrogens is 274 g/mol. The zero-order chi connectivity index (χ0) is 15.1. The standard InChI is InChI=1S/C13H15N5O3/c19-12(20)5-3-7-15-13(21)11-9-18(17-16-11)8-10-4-1-2-6-14-10/h1-2,4,6,9H,3,5,7-8H2,(H,15,21)(H,19,20). The Bertz CT molecular complexity index is 611. The van der Waals surface area contributed by atoms with Crippen LogP contribution < -0.4 is 5.32 Å². The molecule has 110 valence electrons. The summed E-state index contributed by atoms with van der Waals surface area (Å²) in [6.45, 7) is 0.721. The monoisotopic (exact) mass is 289 g/mol. The summed E-state index contributed by atoms with van der Waals surface area (Å²) in [5.74, 6) is -1.25. The van der Waals surface area contributed by atoms with Crippen molar-refractivity contribution in [3.05, 3.63) is 42.0 Å². The lowest BCUT2D eigenvalue weighted by atomic mass is 10.3. The number of hydrogen-bond donors (Lipinski definition) is 2. The Morgan fingerprint density at radius 2 is 2.19 bits per heavy atom. The molecule has 2 N–H and O–H groups in total. The molecule has 2 heterocycles. The predicted octanol–water partition coefficient (Wildman–Crippen LogP) is 0.316.